The predicted octanol–water partition coefficient (Wildman–Crippen LogP) is 2.55. The molecular formula is C18H18N2O5S. The number of carboxylic acids is 1. The van der Waals surface area contributed by atoms with E-state index in [4.69, 9.17) is 9.47 Å². The molecular weight excluding hydrogens is 356 g/mol. The Hall–Kier alpha value is -2.61. The van der Waals surface area contributed by atoms with Gasteiger partial charge in [-0.05, 0) is 37.5 Å². The number of benzene rings is 1. The Morgan fingerprint density at radius 3 is 2.96 bits per heavy atom. The highest BCUT2D eigenvalue weighted by Crippen LogP contribution is 2.36. The fourth-order valence-corrected chi connectivity index (χ4v) is 4.11. The summed E-state index contributed by atoms with van der Waals surface area (Å²) in [5.41, 5.74) is 1.56. The van der Waals surface area contributed by atoms with Gasteiger partial charge in [0.15, 0.2) is 11.5 Å². The lowest BCUT2D eigenvalue weighted by atomic mass is 10.0. The molecule has 136 valence electrons. The number of aliphatic carboxylic acids is 1. The summed E-state index contributed by atoms with van der Waals surface area (Å²) in [6.07, 6.45) is 2.31. The lowest BCUT2D eigenvalue weighted by Crippen LogP contribution is -2.48. The second kappa shape index (κ2) is 6.95. The van der Waals surface area contributed by atoms with Gasteiger partial charge in [0.25, 0.3) is 0 Å². The second-order valence-electron chi connectivity index (χ2n) is 6.33. The molecule has 7 nitrogen and oxygen atoms in total. The number of carbonyl (C=O) groups excluding carboxylic acids is 1. The molecule has 1 aromatic heterocycles. The minimum absolute atomic E-state index is 0.116. The Morgan fingerprint density at radius 1 is 1.27 bits per heavy atom. The van der Waals surface area contributed by atoms with Gasteiger partial charge in [0.05, 0.1) is 12.1 Å². The SMILES string of the molecule is O=C(O)[C@H]1CCCCN1C(=O)Cc1csc(-c2ccc3c(c2)OCO3)n1. The van der Waals surface area contributed by atoms with E-state index in [1.54, 1.807) is 0 Å². The molecule has 8 heteroatoms. The molecule has 2 aromatic rings. The molecule has 0 aliphatic carbocycles. The monoisotopic (exact) mass is 374 g/mol. The van der Waals surface area contributed by atoms with Crippen molar-refractivity contribution < 1.29 is 24.2 Å². The van der Waals surface area contributed by atoms with Gasteiger partial charge in [-0.25, -0.2) is 9.78 Å². The van der Waals surface area contributed by atoms with Crippen LogP contribution in [0.4, 0.5) is 0 Å². The quantitative estimate of drug-likeness (QED) is 0.885. The molecule has 1 saturated heterocycles. The Kier molecular flexibility index (Phi) is 4.50. The zero-order valence-electron chi connectivity index (χ0n) is 14.0. The summed E-state index contributed by atoms with van der Waals surface area (Å²) in [6, 6.07) is 4.90. The standard InChI is InChI=1S/C18H18N2O5S/c21-16(20-6-2-1-3-13(20)18(22)23)8-12-9-26-17(19-12)11-4-5-14-15(7-11)25-10-24-14/h4-5,7,9,13H,1-3,6,8,10H2,(H,22,23)/t13-/m1/s1. The summed E-state index contributed by atoms with van der Waals surface area (Å²) in [5, 5.41) is 12.0. The number of fused-ring (bicyclic) bond motifs is 1. The van der Waals surface area contributed by atoms with Gasteiger partial charge >= 0.3 is 5.97 Å². The first-order valence-electron chi connectivity index (χ1n) is 8.48. The molecule has 0 unspecified atom stereocenters. The molecule has 0 bridgehead atoms. The van der Waals surface area contributed by atoms with E-state index >= 15 is 0 Å². The summed E-state index contributed by atoms with van der Waals surface area (Å²) in [7, 11) is 0. The minimum atomic E-state index is -0.933. The lowest BCUT2D eigenvalue weighted by molar-refractivity contribution is -0.151. The highest BCUT2D eigenvalue weighted by Gasteiger charge is 2.32. The molecule has 2 aliphatic heterocycles. The van der Waals surface area contributed by atoms with Crippen LogP contribution in [0.3, 0.4) is 0 Å². The summed E-state index contributed by atoms with van der Waals surface area (Å²) >= 11 is 1.45. The molecule has 1 fully saturated rings. The van der Waals surface area contributed by atoms with Crippen molar-refractivity contribution in [2.75, 3.05) is 13.3 Å². The van der Waals surface area contributed by atoms with Crippen molar-refractivity contribution in [3.63, 3.8) is 0 Å². The molecule has 0 saturated carbocycles. The molecule has 0 spiro atoms. The highest BCUT2D eigenvalue weighted by molar-refractivity contribution is 7.13. The summed E-state index contributed by atoms with van der Waals surface area (Å²) in [4.78, 5) is 30.0. The highest BCUT2D eigenvalue weighted by atomic mass is 32.1. The van der Waals surface area contributed by atoms with Crippen molar-refractivity contribution in [3.8, 4) is 22.1 Å². The number of ether oxygens (including phenoxy) is 2. The molecule has 1 atom stereocenters. The van der Waals surface area contributed by atoms with Crippen molar-refractivity contribution >= 4 is 23.2 Å². The molecule has 26 heavy (non-hydrogen) atoms. The third kappa shape index (κ3) is 3.24. The van der Waals surface area contributed by atoms with Crippen molar-refractivity contribution in [3.05, 3.63) is 29.3 Å². The summed E-state index contributed by atoms with van der Waals surface area (Å²) in [5.74, 6) is 0.287. The van der Waals surface area contributed by atoms with Gasteiger partial charge in [0, 0.05) is 17.5 Å². The average molecular weight is 374 g/mol. The number of carboxylic acid groups (broad SMARTS) is 1. The van der Waals surface area contributed by atoms with Crippen LogP contribution in [0.25, 0.3) is 10.6 Å². The van der Waals surface area contributed by atoms with Crippen LogP contribution in [-0.2, 0) is 16.0 Å². The zero-order chi connectivity index (χ0) is 18.1. The predicted molar refractivity (Wildman–Crippen MR) is 94.4 cm³/mol. The second-order valence-corrected chi connectivity index (χ2v) is 7.18. The first-order chi connectivity index (χ1) is 12.6. The maximum absolute atomic E-state index is 12.6. The topological polar surface area (TPSA) is 89.0 Å². The number of nitrogens with zero attached hydrogens (tertiary/aromatic N) is 2. The van der Waals surface area contributed by atoms with Crippen molar-refractivity contribution in [1.29, 1.82) is 0 Å². The number of aromatic nitrogens is 1. The van der Waals surface area contributed by atoms with E-state index < -0.39 is 12.0 Å². The van der Waals surface area contributed by atoms with E-state index in [2.05, 4.69) is 4.98 Å². The lowest BCUT2D eigenvalue weighted by Gasteiger charge is -2.32. The smallest absolute Gasteiger partial charge is 0.326 e. The summed E-state index contributed by atoms with van der Waals surface area (Å²) < 4.78 is 10.7. The molecule has 4 rings (SSSR count). The van der Waals surface area contributed by atoms with Gasteiger partial charge in [-0.3, -0.25) is 4.79 Å². The normalized spacial score (nSPS) is 18.8. The van der Waals surface area contributed by atoms with Gasteiger partial charge in [0.2, 0.25) is 12.7 Å². The Bertz CT molecular complexity index is 850. The van der Waals surface area contributed by atoms with Crippen LogP contribution in [0.15, 0.2) is 23.6 Å². The van der Waals surface area contributed by atoms with Crippen LogP contribution < -0.4 is 9.47 Å². The fourth-order valence-electron chi connectivity index (χ4n) is 3.29. The Morgan fingerprint density at radius 2 is 2.12 bits per heavy atom. The first-order valence-corrected chi connectivity index (χ1v) is 9.36. The largest absolute Gasteiger partial charge is 0.480 e. The van der Waals surface area contributed by atoms with Gasteiger partial charge in [0.1, 0.15) is 11.0 Å². The number of hydrogen-bond acceptors (Lipinski definition) is 6. The van der Waals surface area contributed by atoms with Gasteiger partial charge < -0.3 is 19.5 Å². The maximum Gasteiger partial charge on any atom is 0.326 e. The van der Waals surface area contributed by atoms with Crippen molar-refractivity contribution in [2.24, 2.45) is 0 Å². The van der Waals surface area contributed by atoms with Gasteiger partial charge in [-0.15, -0.1) is 11.3 Å². The number of carbonyl (C=O) groups is 2. The Balaban J connectivity index is 1.48. The molecule has 1 N–H and O–H groups in total. The molecule has 2 aliphatic rings. The van der Waals surface area contributed by atoms with Crippen LogP contribution in [0.1, 0.15) is 25.0 Å². The van der Waals surface area contributed by atoms with E-state index in [1.807, 2.05) is 23.6 Å². The maximum atomic E-state index is 12.6. The average Bonchev–Trinajstić information content (AvgIpc) is 3.30. The van der Waals surface area contributed by atoms with Gasteiger partial charge in [-0.2, -0.15) is 0 Å². The number of rotatable bonds is 4. The third-order valence-electron chi connectivity index (χ3n) is 4.61. The third-order valence-corrected chi connectivity index (χ3v) is 5.55. The Labute approximate surface area is 154 Å². The van der Waals surface area contributed by atoms with E-state index in [-0.39, 0.29) is 19.1 Å². The van der Waals surface area contributed by atoms with E-state index in [0.717, 1.165) is 23.4 Å². The molecule has 1 amide bonds. The number of piperidine rings is 1. The molecule has 0 radical (unpaired) electrons. The van der Waals surface area contributed by atoms with Crippen LogP contribution in [-0.4, -0.2) is 46.2 Å². The van der Waals surface area contributed by atoms with Crippen molar-refractivity contribution in [1.82, 2.24) is 9.88 Å². The molecule has 3 heterocycles. The van der Waals surface area contributed by atoms with Crippen LogP contribution in [0, 0.1) is 0 Å². The number of thiazole rings is 1. The number of hydrogen-bond donors (Lipinski definition) is 1. The first kappa shape index (κ1) is 16.8. The van der Waals surface area contributed by atoms with E-state index in [9.17, 15) is 14.7 Å². The van der Waals surface area contributed by atoms with Crippen LogP contribution >= 0.6 is 11.3 Å². The van der Waals surface area contributed by atoms with Crippen LogP contribution in [0.5, 0.6) is 11.5 Å². The number of amides is 1. The molecule has 1 aromatic carbocycles. The fraction of sp³-hybridized carbons (Fsp3) is 0.389. The minimum Gasteiger partial charge on any atom is -0.480 e. The van der Waals surface area contributed by atoms with Crippen molar-refractivity contribution in [2.45, 2.75) is 31.7 Å². The van der Waals surface area contributed by atoms with E-state index in [1.165, 1.54) is 16.2 Å². The van der Waals surface area contributed by atoms with Crippen LogP contribution in [0.2, 0.25) is 0 Å². The van der Waals surface area contributed by atoms with E-state index in [0.29, 0.717) is 30.2 Å². The zero-order valence-corrected chi connectivity index (χ0v) is 14.8. The summed E-state index contributed by atoms with van der Waals surface area (Å²) in [6.45, 7) is 0.714. The van der Waals surface area contributed by atoms with Gasteiger partial charge in [-0.1, -0.05) is 0 Å². The number of likely N-dealkylation sites (tertiary alicyclic amines) is 1.